The third-order valence-electron chi connectivity index (χ3n) is 3.75. The monoisotopic (exact) mass is 337 g/mol. The molecule has 0 saturated carbocycles. The largest absolute Gasteiger partial charge is 0.481 e. The van der Waals surface area contributed by atoms with Gasteiger partial charge in [0, 0.05) is 25.2 Å². The van der Waals surface area contributed by atoms with Crippen LogP contribution in [-0.4, -0.2) is 48.6 Å². The minimum Gasteiger partial charge on any atom is -0.481 e. The number of amides is 3. The van der Waals surface area contributed by atoms with Crippen molar-refractivity contribution < 1.29 is 18.7 Å². The molecule has 1 aliphatic heterocycles. The molecule has 0 aliphatic carbocycles. The normalized spacial score (nSPS) is 15.2. The highest BCUT2D eigenvalue weighted by molar-refractivity contribution is 5.78. The molecule has 1 aromatic rings. The zero-order chi connectivity index (χ0) is 17.5. The molecule has 2 N–H and O–H groups in total. The van der Waals surface area contributed by atoms with Crippen molar-refractivity contribution in [1.29, 1.82) is 0 Å². The maximum Gasteiger partial charge on any atom is 0.317 e. The predicted octanol–water partition coefficient (Wildman–Crippen LogP) is 1.90. The van der Waals surface area contributed by atoms with E-state index in [1.807, 2.05) is 13.8 Å². The van der Waals surface area contributed by atoms with Crippen LogP contribution < -0.4 is 15.4 Å². The van der Waals surface area contributed by atoms with E-state index in [1.54, 1.807) is 17.0 Å². The first-order chi connectivity index (χ1) is 11.5. The number of carbonyl (C=O) groups excluding carboxylic acids is 2. The lowest BCUT2D eigenvalue weighted by molar-refractivity contribution is -0.124. The van der Waals surface area contributed by atoms with Crippen LogP contribution in [0.2, 0.25) is 0 Å². The van der Waals surface area contributed by atoms with Gasteiger partial charge in [-0.3, -0.25) is 4.79 Å². The predicted molar refractivity (Wildman–Crippen MR) is 88.3 cm³/mol. The summed E-state index contributed by atoms with van der Waals surface area (Å²) in [5.41, 5.74) is 0. The van der Waals surface area contributed by atoms with Crippen LogP contribution in [0, 0.1) is 5.82 Å². The molecule has 132 valence electrons. The molecule has 0 unspecified atom stereocenters. The fraction of sp³-hybridized carbons (Fsp3) is 0.529. The summed E-state index contributed by atoms with van der Waals surface area (Å²) in [7, 11) is 0. The fourth-order valence-corrected chi connectivity index (χ4v) is 2.54. The average Bonchev–Trinajstić information content (AvgIpc) is 2.54. The molecule has 0 aromatic heterocycles. The smallest absolute Gasteiger partial charge is 0.317 e. The van der Waals surface area contributed by atoms with Crippen molar-refractivity contribution in [2.24, 2.45) is 0 Å². The number of ether oxygens (including phenoxy) is 1. The van der Waals surface area contributed by atoms with Gasteiger partial charge in [-0.05, 0) is 38.8 Å². The topological polar surface area (TPSA) is 70.7 Å². The maximum absolute atomic E-state index is 13.4. The van der Waals surface area contributed by atoms with Gasteiger partial charge in [-0.1, -0.05) is 12.1 Å². The van der Waals surface area contributed by atoms with Gasteiger partial charge in [0.1, 0.15) is 0 Å². The third kappa shape index (κ3) is 5.40. The fourth-order valence-electron chi connectivity index (χ4n) is 2.54. The van der Waals surface area contributed by atoms with Crippen molar-refractivity contribution in [3.63, 3.8) is 0 Å². The van der Waals surface area contributed by atoms with E-state index in [1.165, 1.54) is 12.1 Å². The Morgan fingerprint density at radius 3 is 2.58 bits per heavy atom. The number of carbonyl (C=O) groups is 2. The van der Waals surface area contributed by atoms with Crippen molar-refractivity contribution >= 4 is 11.9 Å². The molecule has 6 nitrogen and oxygen atoms in total. The van der Waals surface area contributed by atoms with Gasteiger partial charge in [0.25, 0.3) is 5.91 Å². The standard InChI is InChI=1S/C17H24FN3O3/c1-12(2)19-17(23)21-9-7-13(8-10-21)20-16(22)11-24-15-6-4-3-5-14(15)18/h3-6,12-13H,7-11H2,1-2H3,(H,19,23)(H,20,22). The summed E-state index contributed by atoms with van der Waals surface area (Å²) < 4.78 is 18.6. The number of hydrogen-bond donors (Lipinski definition) is 2. The molecule has 0 spiro atoms. The van der Waals surface area contributed by atoms with Crippen LogP contribution in [0.1, 0.15) is 26.7 Å². The minimum atomic E-state index is -0.491. The Kier molecular flexibility index (Phi) is 6.40. The zero-order valence-electron chi connectivity index (χ0n) is 14.0. The molecule has 24 heavy (non-hydrogen) atoms. The Labute approximate surface area is 141 Å². The quantitative estimate of drug-likeness (QED) is 0.862. The number of piperidine rings is 1. The van der Waals surface area contributed by atoms with Gasteiger partial charge in [0.2, 0.25) is 0 Å². The van der Waals surface area contributed by atoms with Crippen LogP contribution in [0.4, 0.5) is 9.18 Å². The van der Waals surface area contributed by atoms with Gasteiger partial charge >= 0.3 is 6.03 Å². The van der Waals surface area contributed by atoms with Crippen molar-refractivity contribution in [1.82, 2.24) is 15.5 Å². The van der Waals surface area contributed by atoms with Crippen LogP contribution in [0.25, 0.3) is 0 Å². The summed E-state index contributed by atoms with van der Waals surface area (Å²) in [4.78, 5) is 25.6. The molecular weight excluding hydrogens is 313 g/mol. The first-order valence-corrected chi connectivity index (χ1v) is 8.18. The first-order valence-electron chi connectivity index (χ1n) is 8.18. The van der Waals surface area contributed by atoms with Crippen LogP contribution >= 0.6 is 0 Å². The molecule has 3 amide bonds. The van der Waals surface area contributed by atoms with Crippen LogP contribution in [0.3, 0.4) is 0 Å². The van der Waals surface area contributed by atoms with E-state index in [0.29, 0.717) is 25.9 Å². The Morgan fingerprint density at radius 1 is 1.29 bits per heavy atom. The minimum absolute atomic E-state index is 0.00446. The number of benzene rings is 1. The van der Waals surface area contributed by atoms with E-state index in [4.69, 9.17) is 4.74 Å². The van der Waals surface area contributed by atoms with Crippen molar-refractivity contribution in [3.05, 3.63) is 30.1 Å². The number of rotatable bonds is 5. The molecule has 1 aliphatic rings. The van der Waals surface area contributed by atoms with Crippen molar-refractivity contribution in [3.8, 4) is 5.75 Å². The van der Waals surface area contributed by atoms with Crippen LogP contribution in [0.15, 0.2) is 24.3 Å². The highest BCUT2D eigenvalue weighted by Crippen LogP contribution is 2.15. The molecule has 1 saturated heterocycles. The van der Waals surface area contributed by atoms with E-state index in [9.17, 15) is 14.0 Å². The number of para-hydroxylation sites is 1. The number of nitrogens with one attached hydrogen (secondary N) is 2. The van der Waals surface area contributed by atoms with Gasteiger partial charge in [-0.25, -0.2) is 9.18 Å². The highest BCUT2D eigenvalue weighted by atomic mass is 19.1. The van der Waals surface area contributed by atoms with Gasteiger partial charge in [-0.2, -0.15) is 0 Å². The van der Waals surface area contributed by atoms with Gasteiger partial charge in [0.15, 0.2) is 18.2 Å². The molecule has 0 atom stereocenters. The van der Waals surface area contributed by atoms with Gasteiger partial charge < -0.3 is 20.3 Å². The Balaban J connectivity index is 1.70. The van der Waals surface area contributed by atoms with E-state index in [2.05, 4.69) is 10.6 Å². The Bertz CT molecular complexity index is 572. The third-order valence-corrected chi connectivity index (χ3v) is 3.75. The van der Waals surface area contributed by atoms with Crippen LogP contribution in [-0.2, 0) is 4.79 Å². The molecule has 1 heterocycles. The highest BCUT2D eigenvalue weighted by Gasteiger charge is 2.24. The number of urea groups is 1. The lowest BCUT2D eigenvalue weighted by atomic mass is 10.1. The lowest BCUT2D eigenvalue weighted by Gasteiger charge is -2.32. The number of halogens is 1. The second-order valence-electron chi connectivity index (χ2n) is 6.15. The van der Waals surface area contributed by atoms with Crippen LogP contribution in [0.5, 0.6) is 5.75 Å². The summed E-state index contributed by atoms with van der Waals surface area (Å²) in [6.07, 6.45) is 1.38. The van der Waals surface area contributed by atoms with Gasteiger partial charge in [-0.15, -0.1) is 0 Å². The Morgan fingerprint density at radius 2 is 1.96 bits per heavy atom. The second kappa shape index (κ2) is 8.52. The number of nitrogens with zero attached hydrogens (tertiary/aromatic N) is 1. The van der Waals surface area contributed by atoms with E-state index >= 15 is 0 Å². The molecule has 0 radical (unpaired) electrons. The molecule has 0 bridgehead atoms. The average molecular weight is 337 g/mol. The van der Waals surface area contributed by atoms with E-state index in [-0.39, 0.29) is 36.4 Å². The zero-order valence-corrected chi connectivity index (χ0v) is 14.0. The maximum atomic E-state index is 13.4. The Hall–Kier alpha value is -2.31. The van der Waals surface area contributed by atoms with Crippen molar-refractivity contribution in [2.75, 3.05) is 19.7 Å². The SMILES string of the molecule is CC(C)NC(=O)N1CCC(NC(=O)COc2ccccc2F)CC1. The molecular formula is C17H24FN3O3. The number of hydrogen-bond acceptors (Lipinski definition) is 3. The second-order valence-corrected chi connectivity index (χ2v) is 6.15. The summed E-state index contributed by atoms with van der Waals surface area (Å²) in [6, 6.07) is 6.01. The summed E-state index contributed by atoms with van der Waals surface area (Å²) in [5.74, 6) is -0.717. The van der Waals surface area contributed by atoms with Crippen molar-refractivity contribution in [2.45, 2.75) is 38.8 Å². The van der Waals surface area contributed by atoms with Gasteiger partial charge in [0.05, 0.1) is 0 Å². The van der Waals surface area contributed by atoms with E-state index in [0.717, 1.165) is 0 Å². The molecule has 1 aromatic carbocycles. The molecule has 2 rings (SSSR count). The lowest BCUT2D eigenvalue weighted by Crippen LogP contribution is -2.51. The molecule has 1 fully saturated rings. The molecule has 7 heteroatoms. The summed E-state index contributed by atoms with van der Waals surface area (Å²) >= 11 is 0. The first kappa shape index (κ1) is 18.0. The summed E-state index contributed by atoms with van der Waals surface area (Å²) in [6.45, 7) is 4.80. The summed E-state index contributed by atoms with van der Waals surface area (Å²) in [5, 5.41) is 5.72. The number of likely N-dealkylation sites (tertiary alicyclic amines) is 1. The van der Waals surface area contributed by atoms with E-state index < -0.39 is 5.82 Å².